The number of H-pyrrole nitrogens is 1. The van der Waals surface area contributed by atoms with E-state index in [9.17, 15) is 0 Å². The molecule has 3 heterocycles. The van der Waals surface area contributed by atoms with Crippen molar-refractivity contribution >= 4 is 0 Å². The van der Waals surface area contributed by atoms with E-state index in [1.807, 2.05) is 18.2 Å². The van der Waals surface area contributed by atoms with Crippen LogP contribution in [0.4, 0.5) is 0 Å². The number of nitrogens with one attached hydrogen (secondary N) is 2. The molecule has 1 fully saturated rings. The zero-order chi connectivity index (χ0) is 19.3. The summed E-state index contributed by atoms with van der Waals surface area (Å²) < 4.78 is 2.17. The first-order valence-electron chi connectivity index (χ1n) is 10.0. The lowest BCUT2D eigenvalue weighted by molar-refractivity contribution is 0.302. The molecule has 0 amide bonds. The smallest absolute Gasteiger partial charge is 0.146 e. The Morgan fingerprint density at radius 1 is 1.07 bits per heavy atom. The van der Waals surface area contributed by atoms with Crippen molar-refractivity contribution in [2.75, 3.05) is 20.1 Å². The molecular weight excluding hydrogens is 350 g/mol. The van der Waals surface area contributed by atoms with Crippen LogP contribution >= 0.6 is 0 Å². The molecule has 0 atom stereocenters. The largest absolute Gasteiger partial charge is 0.317 e. The van der Waals surface area contributed by atoms with Crippen molar-refractivity contribution in [3.63, 3.8) is 0 Å². The molecule has 7 nitrogen and oxygen atoms in total. The van der Waals surface area contributed by atoms with Crippen LogP contribution < -0.4 is 5.32 Å². The molecule has 148 valence electrons. The Kier molecular flexibility index (Phi) is 5.83. The number of hydrogen-bond acceptors (Lipinski definition) is 5. The van der Waals surface area contributed by atoms with Gasteiger partial charge in [-0.15, -0.1) is 10.2 Å². The van der Waals surface area contributed by atoms with Gasteiger partial charge in [0.05, 0.1) is 12.2 Å². The Bertz CT molecular complexity index is 877. The van der Waals surface area contributed by atoms with Crippen molar-refractivity contribution in [2.45, 2.75) is 32.4 Å². The molecule has 1 aromatic carbocycles. The van der Waals surface area contributed by atoms with Gasteiger partial charge in [0.15, 0.2) is 0 Å². The van der Waals surface area contributed by atoms with Crippen LogP contribution in [0.1, 0.15) is 30.2 Å². The molecular formula is C21H29N7. The van der Waals surface area contributed by atoms with Crippen molar-refractivity contribution in [1.29, 1.82) is 0 Å². The van der Waals surface area contributed by atoms with Crippen LogP contribution in [0.2, 0.25) is 0 Å². The van der Waals surface area contributed by atoms with E-state index in [0.717, 1.165) is 67.1 Å². The van der Waals surface area contributed by atoms with E-state index in [0.29, 0.717) is 0 Å². The molecule has 3 aromatic rings. The minimum absolute atomic E-state index is 0.719. The second-order valence-electron chi connectivity index (χ2n) is 7.81. The maximum absolute atomic E-state index is 4.46. The second-order valence-corrected chi connectivity index (χ2v) is 7.81. The van der Waals surface area contributed by atoms with Crippen molar-refractivity contribution in [1.82, 2.24) is 35.2 Å². The average Bonchev–Trinajstić information content (AvgIpc) is 3.32. The number of benzene rings is 1. The van der Waals surface area contributed by atoms with Crippen molar-refractivity contribution in [3.8, 4) is 11.3 Å². The zero-order valence-electron chi connectivity index (χ0n) is 16.7. The van der Waals surface area contributed by atoms with Crippen LogP contribution in [0.5, 0.6) is 0 Å². The molecule has 0 saturated carbocycles. The fourth-order valence-electron chi connectivity index (χ4n) is 3.85. The summed E-state index contributed by atoms with van der Waals surface area (Å²) in [6, 6.07) is 12.4. The number of rotatable bonds is 7. The number of aromatic amines is 1. The van der Waals surface area contributed by atoms with Gasteiger partial charge >= 0.3 is 0 Å². The standard InChI is InChI=1S/C21H29N7/c1-27(14-18-13-19(24-23-18)17-6-4-3-5-7-17)15-21-26-25-20(28(21)2)12-16-8-10-22-11-9-16/h3-7,13,16,22H,8-12,14-15H2,1-2H3,(H,23,24). The summed E-state index contributed by atoms with van der Waals surface area (Å²) in [4.78, 5) is 2.24. The van der Waals surface area contributed by atoms with Crippen molar-refractivity contribution in [2.24, 2.45) is 13.0 Å². The molecule has 0 aliphatic carbocycles. The van der Waals surface area contributed by atoms with Crippen LogP contribution in [-0.4, -0.2) is 50.0 Å². The van der Waals surface area contributed by atoms with E-state index in [1.165, 1.54) is 12.8 Å². The summed E-state index contributed by atoms with van der Waals surface area (Å²) in [7, 11) is 4.19. The average molecular weight is 380 g/mol. The van der Waals surface area contributed by atoms with Crippen LogP contribution in [0.25, 0.3) is 11.3 Å². The van der Waals surface area contributed by atoms with Gasteiger partial charge in [0.25, 0.3) is 0 Å². The van der Waals surface area contributed by atoms with E-state index in [-0.39, 0.29) is 0 Å². The first-order chi connectivity index (χ1) is 13.7. The summed E-state index contributed by atoms with van der Waals surface area (Å²) in [6.07, 6.45) is 3.48. The maximum atomic E-state index is 4.46. The van der Waals surface area contributed by atoms with Crippen LogP contribution in [0.15, 0.2) is 36.4 Å². The first-order valence-corrected chi connectivity index (χ1v) is 10.0. The molecule has 2 aromatic heterocycles. The predicted octanol–water partition coefficient (Wildman–Crippen LogP) is 2.38. The number of nitrogens with zero attached hydrogens (tertiary/aromatic N) is 5. The molecule has 1 saturated heterocycles. The highest BCUT2D eigenvalue weighted by atomic mass is 15.3. The third kappa shape index (κ3) is 4.48. The molecule has 1 aliphatic rings. The van der Waals surface area contributed by atoms with Crippen LogP contribution in [0.3, 0.4) is 0 Å². The van der Waals surface area contributed by atoms with E-state index in [4.69, 9.17) is 0 Å². The van der Waals surface area contributed by atoms with E-state index < -0.39 is 0 Å². The molecule has 4 rings (SSSR count). The minimum Gasteiger partial charge on any atom is -0.317 e. The molecule has 28 heavy (non-hydrogen) atoms. The maximum Gasteiger partial charge on any atom is 0.146 e. The van der Waals surface area contributed by atoms with Gasteiger partial charge in [-0.1, -0.05) is 30.3 Å². The van der Waals surface area contributed by atoms with E-state index in [1.54, 1.807) is 0 Å². The highest BCUT2D eigenvalue weighted by Gasteiger charge is 2.18. The fraction of sp³-hybridized carbons (Fsp3) is 0.476. The number of hydrogen-bond donors (Lipinski definition) is 2. The molecule has 2 N–H and O–H groups in total. The van der Waals surface area contributed by atoms with E-state index in [2.05, 4.69) is 67.5 Å². The first kappa shape index (κ1) is 18.8. The summed E-state index contributed by atoms with van der Waals surface area (Å²) in [5.74, 6) is 2.83. The quantitative estimate of drug-likeness (QED) is 0.659. The molecule has 1 aliphatic heterocycles. The van der Waals surface area contributed by atoms with Gasteiger partial charge in [0.2, 0.25) is 0 Å². The van der Waals surface area contributed by atoms with Gasteiger partial charge in [-0.2, -0.15) is 5.10 Å². The molecule has 7 heteroatoms. The van der Waals surface area contributed by atoms with Gasteiger partial charge in [-0.3, -0.25) is 10.00 Å². The summed E-state index contributed by atoms with van der Waals surface area (Å²) in [5.41, 5.74) is 3.20. The summed E-state index contributed by atoms with van der Waals surface area (Å²) in [6.45, 7) is 3.78. The lowest BCUT2D eigenvalue weighted by Gasteiger charge is -2.22. The second kappa shape index (κ2) is 8.67. The normalized spacial score (nSPS) is 15.4. The van der Waals surface area contributed by atoms with Gasteiger partial charge in [0, 0.05) is 31.3 Å². The van der Waals surface area contributed by atoms with Crippen LogP contribution in [0, 0.1) is 5.92 Å². The van der Waals surface area contributed by atoms with Crippen molar-refractivity contribution < 1.29 is 0 Å². The summed E-state index contributed by atoms with van der Waals surface area (Å²) >= 11 is 0. The Morgan fingerprint density at radius 2 is 1.82 bits per heavy atom. The third-order valence-electron chi connectivity index (χ3n) is 5.54. The monoisotopic (exact) mass is 379 g/mol. The number of piperidine rings is 1. The lowest BCUT2D eigenvalue weighted by Crippen LogP contribution is -2.29. The third-order valence-corrected chi connectivity index (χ3v) is 5.54. The highest BCUT2D eigenvalue weighted by Crippen LogP contribution is 2.19. The summed E-state index contributed by atoms with van der Waals surface area (Å²) in [5, 5.41) is 19.9. The SMILES string of the molecule is CN(Cc1cc(-c2ccccc2)n[nH]1)Cc1nnc(CC2CCNCC2)n1C. The Hall–Kier alpha value is -2.51. The Balaban J connectivity index is 1.35. The lowest BCUT2D eigenvalue weighted by atomic mass is 9.94. The molecule has 0 unspecified atom stereocenters. The minimum atomic E-state index is 0.719. The van der Waals surface area contributed by atoms with Gasteiger partial charge < -0.3 is 9.88 Å². The van der Waals surface area contributed by atoms with Crippen molar-refractivity contribution in [3.05, 3.63) is 53.7 Å². The zero-order valence-corrected chi connectivity index (χ0v) is 16.7. The van der Waals surface area contributed by atoms with E-state index >= 15 is 0 Å². The van der Waals surface area contributed by atoms with Gasteiger partial charge in [-0.05, 0) is 45.0 Å². The predicted molar refractivity (Wildman–Crippen MR) is 109 cm³/mol. The highest BCUT2D eigenvalue weighted by molar-refractivity contribution is 5.58. The Labute approximate surface area is 166 Å². The number of aromatic nitrogens is 5. The fourth-order valence-corrected chi connectivity index (χ4v) is 3.85. The van der Waals surface area contributed by atoms with Gasteiger partial charge in [-0.25, -0.2) is 0 Å². The Morgan fingerprint density at radius 3 is 2.61 bits per heavy atom. The molecule has 0 spiro atoms. The topological polar surface area (TPSA) is 74.7 Å². The van der Waals surface area contributed by atoms with Gasteiger partial charge in [0.1, 0.15) is 11.6 Å². The molecule has 0 bridgehead atoms. The van der Waals surface area contributed by atoms with Crippen LogP contribution in [-0.2, 0) is 26.6 Å². The molecule has 0 radical (unpaired) electrons.